The van der Waals surface area contributed by atoms with Gasteiger partial charge in [-0.1, -0.05) is 37.6 Å². The maximum absolute atomic E-state index is 12.2. The van der Waals surface area contributed by atoms with Crippen molar-refractivity contribution in [3.8, 4) is 0 Å². The summed E-state index contributed by atoms with van der Waals surface area (Å²) in [6.07, 6.45) is 3.69. The molecule has 0 fully saturated rings. The Labute approximate surface area is 120 Å². The van der Waals surface area contributed by atoms with Crippen molar-refractivity contribution in [1.29, 1.82) is 0 Å². The molecule has 0 saturated carbocycles. The Morgan fingerprint density at radius 1 is 1.37 bits per heavy atom. The Morgan fingerprint density at radius 3 is 2.84 bits per heavy atom. The van der Waals surface area contributed by atoms with Gasteiger partial charge in [0.2, 0.25) is 0 Å². The lowest BCUT2D eigenvalue weighted by atomic mass is 9.99. The van der Waals surface area contributed by atoms with Gasteiger partial charge in [0.1, 0.15) is 5.84 Å². The van der Waals surface area contributed by atoms with Crippen molar-refractivity contribution >= 4 is 24.0 Å². The van der Waals surface area contributed by atoms with E-state index < -0.39 is 0 Å². The second-order valence-electron chi connectivity index (χ2n) is 4.58. The molecule has 4 heteroatoms. The standard InChI is InChI=1S/C15H20N2O.ClH/c1-2-3-9-14(18)12-7-4-5-8-13(12)15-16-10-6-11-17-15;/h4-5,7-8H,2-3,6,9-11H2,1H3,(H,16,17);1H. The fraction of sp³-hybridized carbons (Fsp3) is 0.467. The number of Topliss-reactive ketones (excluding diaryl/α,β-unsaturated/α-hetero) is 1. The molecule has 1 aliphatic rings. The van der Waals surface area contributed by atoms with E-state index in [1.807, 2.05) is 24.3 Å². The Morgan fingerprint density at radius 2 is 2.16 bits per heavy atom. The molecule has 0 unspecified atom stereocenters. The fourth-order valence-electron chi connectivity index (χ4n) is 2.12. The highest BCUT2D eigenvalue weighted by Crippen LogP contribution is 2.14. The summed E-state index contributed by atoms with van der Waals surface area (Å²) in [5.74, 6) is 1.10. The summed E-state index contributed by atoms with van der Waals surface area (Å²) >= 11 is 0. The van der Waals surface area contributed by atoms with Crippen molar-refractivity contribution in [2.75, 3.05) is 13.1 Å². The first-order chi connectivity index (χ1) is 8.83. The number of nitrogens with zero attached hydrogens (tertiary/aromatic N) is 1. The van der Waals surface area contributed by atoms with Gasteiger partial charge in [-0.25, -0.2) is 0 Å². The van der Waals surface area contributed by atoms with Crippen LogP contribution >= 0.6 is 12.4 Å². The molecule has 3 nitrogen and oxygen atoms in total. The van der Waals surface area contributed by atoms with Gasteiger partial charge in [0.25, 0.3) is 0 Å². The molecule has 0 atom stereocenters. The first-order valence-electron chi connectivity index (χ1n) is 6.74. The van der Waals surface area contributed by atoms with E-state index in [-0.39, 0.29) is 18.2 Å². The van der Waals surface area contributed by atoms with E-state index >= 15 is 0 Å². The Hall–Kier alpha value is -1.35. The average Bonchev–Trinajstić information content (AvgIpc) is 2.45. The molecule has 1 N–H and O–H groups in total. The minimum absolute atomic E-state index is 0. The van der Waals surface area contributed by atoms with Crippen molar-refractivity contribution in [3.63, 3.8) is 0 Å². The lowest BCUT2D eigenvalue weighted by Crippen LogP contribution is -2.31. The molecule has 1 aromatic carbocycles. The lowest BCUT2D eigenvalue weighted by molar-refractivity contribution is 0.0979. The summed E-state index contributed by atoms with van der Waals surface area (Å²) in [6.45, 7) is 3.89. The van der Waals surface area contributed by atoms with Gasteiger partial charge in [-0.3, -0.25) is 9.79 Å². The third-order valence-corrected chi connectivity index (χ3v) is 3.14. The number of nitrogens with one attached hydrogen (secondary N) is 1. The minimum atomic E-state index is 0. The number of halogens is 1. The van der Waals surface area contributed by atoms with Gasteiger partial charge < -0.3 is 5.32 Å². The van der Waals surface area contributed by atoms with Crippen LogP contribution in [-0.2, 0) is 0 Å². The van der Waals surface area contributed by atoms with E-state index in [0.29, 0.717) is 6.42 Å². The first-order valence-corrected chi connectivity index (χ1v) is 6.74. The zero-order chi connectivity index (χ0) is 12.8. The summed E-state index contributed by atoms with van der Waals surface area (Å²) in [7, 11) is 0. The molecule has 1 aromatic rings. The number of ketones is 1. The molecule has 2 rings (SSSR count). The predicted molar refractivity (Wildman–Crippen MR) is 81.6 cm³/mol. The number of rotatable bonds is 5. The average molecular weight is 281 g/mol. The van der Waals surface area contributed by atoms with E-state index in [0.717, 1.165) is 49.3 Å². The summed E-state index contributed by atoms with van der Waals surface area (Å²) in [5, 5.41) is 3.28. The second kappa shape index (κ2) is 7.95. The quantitative estimate of drug-likeness (QED) is 0.842. The zero-order valence-corrected chi connectivity index (χ0v) is 12.1. The molecule has 0 radical (unpaired) electrons. The summed E-state index contributed by atoms with van der Waals surface area (Å²) in [6, 6.07) is 7.78. The van der Waals surface area contributed by atoms with Gasteiger partial charge in [-0.05, 0) is 12.8 Å². The Bertz CT molecular complexity index is 457. The lowest BCUT2D eigenvalue weighted by Gasteiger charge is -2.17. The van der Waals surface area contributed by atoms with E-state index in [9.17, 15) is 4.79 Å². The molecule has 1 aliphatic heterocycles. The third kappa shape index (κ3) is 4.06. The molecule has 0 saturated heterocycles. The van der Waals surface area contributed by atoms with E-state index in [2.05, 4.69) is 17.2 Å². The first kappa shape index (κ1) is 15.7. The van der Waals surface area contributed by atoms with Gasteiger partial charge in [-0.15, -0.1) is 12.4 Å². The van der Waals surface area contributed by atoms with Crippen LogP contribution in [0.1, 0.15) is 48.5 Å². The number of benzene rings is 1. The normalized spacial score (nSPS) is 14.1. The summed E-state index contributed by atoms with van der Waals surface area (Å²) in [5.41, 5.74) is 1.76. The SMILES string of the molecule is CCCCC(=O)c1ccccc1C1=NCCCN1.Cl. The number of unbranched alkanes of at least 4 members (excludes halogenated alkanes) is 1. The van der Waals surface area contributed by atoms with Crippen molar-refractivity contribution < 1.29 is 4.79 Å². The maximum Gasteiger partial charge on any atom is 0.163 e. The second-order valence-corrected chi connectivity index (χ2v) is 4.58. The predicted octanol–water partition coefficient (Wildman–Crippen LogP) is 3.22. The van der Waals surface area contributed by atoms with Crippen LogP contribution in [0, 0.1) is 0 Å². The van der Waals surface area contributed by atoms with Crippen molar-refractivity contribution in [3.05, 3.63) is 35.4 Å². The minimum Gasteiger partial charge on any atom is -0.370 e. The molecule has 19 heavy (non-hydrogen) atoms. The maximum atomic E-state index is 12.2. The van der Waals surface area contributed by atoms with Crippen LogP contribution in [0.3, 0.4) is 0 Å². The molecule has 0 spiro atoms. The third-order valence-electron chi connectivity index (χ3n) is 3.14. The van der Waals surface area contributed by atoms with E-state index in [1.165, 1.54) is 0 Å². The van der Waals surface area contributed by atoms with Crippen LogP contribution < -0.4 is 5.32 Å². The number of amidine groups is 1. The monoisotopic (exact) mass is 280 g/mol. The largest absolute Gasteiger partial charge is 0.370 e. The highest BCUT2D eigenvalue weighted by Gasteiger charge is 2.15. The van der Waals surface area contributed by atoms with Gasteiger partial charge in [0, 0.05) is 30.6 Å². The molecular formula is C15H21ClN2O. The topological polar surface area (TPSA) is 41.5 Å². The van der Waals surface area contributed by atoms with Crippen molar-refractivity contribution in [2.24, 2.45) is 4.99 Å². The molecule has 0 amide bonds. The van der Waals surface area contributed by atoms with Gasteiger partial charge in [0.05, 0.1) is 0 Å². The number of hydrogen-bond donors (Lipinski definition) is 1. The van der Waals surface area contributed by atoms with E-state index in [1.54, 1.807) is 0 Å². The molecular weight excluding hydrogens is 260 g/mol. The smallest absolute Gasteiger partial charge is 0.163 e. The number of hydrogen-bond acceptors (Lipinski definition) is 3. The summed E-state index contributed by atoms with van der Waals surface area (Å²) < 4.78 is 0. The highest BCUT2D eigenvalue weighted by atomic mass is 35.5. The fourth-order valence-corrected chi connectivity index (χ4v) is 2.12. The van der Waals surface area contributed by atoms with Gasteiger partial charge in [-0.2, -0.15) is 0 Å². The van der Waals surface area contributed by atoms with Crippen LogP contribution in [0.15, 0.2) is 29.3 Å². The highest BCUT2D eigenvalue weighted by molar-refractivity contribution is 6.10. The molecule has 104 valence electrons. The van der Waals surface area contributed by atoms with Crippen LogP contribution in [0.5, 0.6) is 0 Å². The van der Waals surface area contributed by atoms with Gasteiger partial charge in [0.15, 0.2) is 5.78 Å². The molecule has 0 aromatic heterocycles. The van der Waals surface area contributed by atoms with Crippen LogP contribution in [0.4, 0.5) is 0 Å². The molecule has 0 aliphatic carbocycles. The zero-order valence-electron chi connectivity index (χ0n) is 11.3. The number of carbonyl (C=O) groups is 1. The van der Waals surface area contributed by atoms with Crippen LogP contribution in [-0.4, -0.2) is 24.7 Å². The van der Waals surface area contributed by atoms with Crippen LogP contribution in [0.2, 0.25) is 0 Å². The number of aliphatic imine (C=N–C) groups is 1. The van der Waals surface area contributed by atoms with Crippen molar-refractivity contribution in [1.82, 2.24) is 5.32 Å². The Balaban J connectivity index is 0.00000180. The molecule has 0 bridgehead atoms. The van der Waals surface area contributed by atoms with Gasteiger partial charge >= 0.3 is 0 Å². The van der Waals surface area contributed by atoms with Crippen molar-refractivity contribution in [2.45, 2.75) is 32.6 Å². The summed E-state index contributed by atoms with van der Waals surface area (Å²) in [4.78, 5) is 16.7. The molecule has 1 heterocycles. The Kier molecular flexibility index (Phi) is 6.57. The van der Waals surface area contributed by atoms with E-state index in [4.69, 9.17) is 0 Å². The number of carbonyl (C=O) groups excluding carboxylic acids is 1. The van der Waals surface area contributed by atoms with Crippen LogP contribution in [0.25, 0.3) is 0 Å².